The predicted octanol–water partition coefficient (Wildman–Crippen LogP) is 3.21. The molecule has 3 rings (SSSR count). The van der Waals surface area contributed by atoms with Crippen molar-refractivity contribution in [2.24, 2.45) is 0 Å². The molecule has 0 radical (unpaired) electrons. The number of carboxylic acid groups (broad SMARTS) is 1. The zero-order chi connectivity index (χ0) is 14.1. The molecule has 0 saturated heterocycles. The van der Waals surface area contributed by atoms with Crippen molar-refractivity contribution in [3.05, 3.63) is 47.4 Å². The van der Waals surface area contributed by atoms with Crippen LogP contribution in [-0.4, -0.2) is 26.0 Å². The van der Waals surface area contributed by atoms with Gasteiger partial charge in [-0.1, -0.05) is 0 Å². The molecule has 0 spiro atoms. The van der Waals surface area contributed by atoms with Gasteiger partial charge in [0.2, 0.25) is 0 Å². The van der Waals surface area contributed by atoms with Gasteiger partial charge >= 0.3 is 5.97 Å². The zero-order valence-electron chi connectivity index (χ0n) is 10.6. The van der Waals surface area contributed by atoms with E-state index >= 15 is 0 Å². The van der Waals surface area contributed by atoms with E-state index in [-0.39, 0.29) is 5.69 Å². The first kappa shape index (κ1) is 12.6. The van der Waals surface area contributed by atoms with Crippen molar-refractivity contribution in [2.45, 2.75) is 6.92 Å². The van der Waals surface area contributed by atoms with E-state index in [0.29, 0.717) is 0 Å². The molecule has 0 bridgehead atoms. The summed E-state index contributed by atoms with van der Waals surface area (Å²) in [6.45, 7) is 2.01. The van der Waals surface area contributed by atoms with Crippen molar-refractivity contribution in [1.82, 2.24) is 15.0 Å². The number of hydrogen-bond acceptors (Lipinski definition) is 4. The Morgan fingerprint density at radius 2 is 2.30 bits per heavy atom. The smallest absolute Gasteiger partial charge is 0.352 e. The van der Waals surface area contributed by atoms with Gasteiger partial charge in [0.1, 0.15) is 10.7 Å². The summed E-state index contributed by atoms with van der Waals surface area (Å²) in [5, 5.41) is 11.7. The molecule has 3 aromatic rings. The summed E-state index contributed by atoms with van der Waals surface area (Å²) < 4.78 is 0. The number of carboxylic acids is 1. The van der Waals surface area contributed by atoms with Crippen LogP contribution < -0.4 is 0 Å². The highest BCUT2D eigenvalue weighted by atomic mass is 32.1. The Hall–Kier alpha value is -2.47. The van der Waals surface area contributed by atoms with Crippen LogP contribution in [0.4, 0.5) is 0 Å². The van der Waals surface area contributed by atoms with Crippen LogP contribution in [0.5, 0.6) is 0 Å². The first-order valence-electron chi connectivity index (χ1n) is 5.94. The third-order valence-corrected chi connectivity index (χ3v) is 3.86. The summed E-state index contributed by atoms with van der Waals surface area (Å²) in [5.74, 6) is -0.977. The molecule has 0 amide bonds. The van der Waals surface area contributed by atoms with E-state index in [1.165, 1.54) is 11.3 Å². The monoisotopic (exact) mass is 285 g/mol. The van der Waals surface area contributed by atoms with Gasteiger partial charge in [0.15, 0.2) is 0 Å². The Morgan fingerprint density at radius 1 is 1.45 bits per heavy atom. The number of hydrogen-bond donors (Lipinski definition) is 2. The van der Waals surface area contributed by atoms with Gasteiger partial charge < -0.3 is 10.1 Å². The molecule has 20 heavy (non-hydrogen) atoms. The van der Waals surface area contributed by atoms with Gasteiger partial charge in [-0.25, -0.2) is 9.78 Å². The minimum absolute atomic E-state index is 0.159. The van der Waals surface area contributed by atoms with Crippen molar-refractivity contribution in [2.75, 3.05) is 0 Å². The average Bonchev–Trinajstić information content (AvgIpc) is 3.08. The molecular weight excluding hydrogens is 274 g/mol. The topological polar surface area (TPSA) is 78.9 Å². The summed E-state index contributed by atoms with van der Waals surface area (Å²) in [6.07, 6.45) is 5.19. The first-order chi connectivity index (χ1) is 9.65. The number of nitrogens with one attached hydrogen (secondary N) is 1. The van der Waals surface area contributed by atoms with Crippen molar-refractivity contribution in [3.8, 4) is 21.8 Å². The average molecular weight is 285 g/mol. The van der Waals surface area contributed by atoms with Crippen LogP contribution in [-0.2, 0) is 0 Å². The molecule has 0 saturated carbocycles. The number of carbonyl (C=O) groups is 1. The van der Waals surface area contributed by atoms with E-state index < -0.39 is 5.97 Å². The van der Waals surface area contributed by atoms with Crippen LogP contribution in [0.1, 0.15) is 16.1 Å². The molecular formula is C14H11N3O2S. The number of aromatic amines is 1. The highest BCUT2D eigenvalue weighted by Gasteiger charge is 2.12. The number of nitrogens with zero attached hydrogens (tertiary/aromatic N) is 2. The standard InChI is InChI=1S/C14H11N3O2S/c1-8-2-3-15-6-10(8)13-17-12(7-20-13)9-4-11(14(18)19)16-5-9/h2-7,16H,1H3,(H,18,19). The van der Waals surface area contributed by atoms with E-state index in [1.807, 2.05) is 18.4 Å². The Balaban J connectivity index is 1.98. The maximum absolute atomic E-state index is 10.9. The third kappa shape index (κ3) is 2.21. The van der Waals surface area contributed by atoms with Crippen molar-refractivity contribution in [1.29, 1.82) is 0 Å². The number of rotatable bonds is 3. The van der Waals surface area contributed by atoms with Gasteiger partial charge in [0, 0.05) is 35.1 Å². The van der Waals surface area contributed by atoms with Crippen LogP contribution >= 0.6 is 11.3 Å². The van der Waals surface area contributed by atoms with Gasteiger partial charge in [0.05, 0.1) is 5.69 Å². The summed E-state index contributed by atoms with van der Waals surface area (Å²) in [4.78, 5) is 22.2. The van der Waals surface area contributed by atoms with Crippen LogP contribution in [0.25, 0.3) is 21.8 Å². The number of aromatic carboxylic acids is 1. The molecule has 0 aliphatic heterocycles. The number of thiazole rings is 1. The largest absolute Gasteiger partial charge is 0.477 e. The van der Waals surface area contributed by atoms with Gasteiger partial charge in [-0.2, -0.15) is 0 Å². The van der Waals surface area contributed by atoms with E-state index in [1.54, 1.807) is 24.7 Å². The van der Waals surface area contributed by atoms with Gasteiger partial charge in [-0.05, 0) is 24.6 Å². The molecule has 0 aliphatic carbocycles. The Labute approximate surface area is 119 Å². The van der Waals surface area contributed by atoms with Crippen LogP contribution in [0, 0.1) is 6.92 Å². The second kappa shape index (κ2) is 4.90. The van der Waals surface area contributed by atoms with Crippen LogP contribution in [0.2, 0.25) is 0 Å². The molecule has 5 nitrogen and oxygen atoms in total. The third-order valence-electron chi connectivity index (χ3n) is 2.98. The first-order valence-corrected chi connectivity index (χ1v) is 6.81. The van der Waals surface area contributed by atoms with Gasteiger partial charge in [0.25, 0.3) is 0 Å². The van der Waals surface area contributed by atoms with Crippen molar-refractivity contribution >= 4 is 17.3 Å². The molecule has 0 atom stereocenters. The highest BCUT2D eigenvalue weighted by Crippen LogP contribution is 2.30. The van der Waals surface area contributed by atoms with Gasteiger partial charge in [-0.15, -0.1) is 11.3 Å². The molecule has 3 aromatic heterocycles. The minimum Gasteiger partial charge on any atom is -0.477 e. The fourth-order valence-electron chi connectivity index (χ4n) is 1.88. The highest BCUT2D eigenvalue weighted by molar-refractivity contribution is 7.13. The SMILES string of the molecule is Cc1ccncc1-c1nc(-c2c[nH]c(C(=O)O)c2)cs1. The lowest BCUT2D eigenvalue weighted by molar-refractivity contribution is 0.0691. The number of aryl methyl sites for hydroxylation is 1. The van der Waals surface area contributed by atoms with Crippen molar-refractivity contribution in [3.63, 3.8) is 0 Å². The normalized spacial score (nSPS) is 10.7. The van der Waals surface area contributed by atoms with Crippen LogP contribution in [0.3, 0.4) is 0 Å². The summed E-state index contributed by atoms with van der Waals surface area (Å²) in [5.41, 5.74) is 3.80. The van der Waals surface area contributed by atoms with Crippen LogP contribution in [0.15, 0.2) is 36.1 Å². The van der Waals surface area contributed by atoms with E-state index in [2.05, 4.69) is 15.0 Å². The van der Waals surface area contributed by atoms with E-state index in [0.717, 1.165) is 27.4 Å². The maximum atomic E-state index is 10.9. The quantitative estimate of drug-likeness (QED) is 0.774. The lowest BCUT2D eigenvalue weighted by atomic mass is 10.2. The molecule has 0 fully saturated rings. The Morgan fingerprint density at radius 3 is 3.00 bits per heavy atom. The fraction of sp³-hybridized carbons (Fsp3) is 0.0714. The summed E-state index contributed by atoms with van der Waals surface area (Å²) in [7, 11) is 0. The zero-order valence-corrected chi connectivity index (χ0v) is 11.4. The molecule has 0 aromatic carbocycles. The molecule has 100 valence electrons. The van der Waals surface area contributed by atoms with Gasteiger partial charge in [-0.3, -0.25) is 4.98 Å². The summed E-state index contributed by atoms with van der Waals surface area (Å²) in [6, 6.07) is 3.52. The predicted molar refractivity (Wildman–Crippen MR) is 76.8 cm³/mol. The number of pyridine rings is 1. The van der Waals surface area contributed by atoms with E-state index in [4.69, 9.17) is 5.11 Å². The molecule has 2 N–H and O–H groups in total. The second-order valence-electron chi connectivity index (χ2n) is 4.34. The molecule has 0 aliphatic rings. The summed E-state index contributed by atoms with van der Waals surface area (Å²) >= 11 is 1.52. The maximum Gasteiger partial charge on any atom is 0.352 e. The van der Waals surface area contributed by atoms with E-state index in [9.17, 15) is 4.79 Å². The number of aromatic nitrogens is 3. The number of H-pyrrole nitrogens is 1. The molecule has 3 heterocycles. The minimum atomic E-state index is -0.977. The molecule has 0 unspecified atom stereocenters. The second-order valence-corrected chi connectivity index (χ2v) is 5.19. The lowest BCUT2D eigenvalue weighted by Gasteiger charge is -1.99. The van der Waals surface area contributed by atoms with Crippen molar-refractivity contribution < 1.29 is 9.90 Å². The molecule has 6 heteroatoms. The lowest BCUT2D eigenvalue weighted by Crippen LogP contribution is -1.94. The fourth-order valence-corrected chi connectivity index (χ4v) is 2.79. The Kier molecular flexibility index (Phi) is 3.08. The Bertz CT molecular complexity index is 776.